The molecule has 8 heteroatoms. The molecule has 4 aliphatic carbocycles. The Kier molecular flexibility index (Phi) is 5.26. The van der Waals surface area contributed by atoms with Gasteiger partial charge in [-0.3, -0.25) is 4.79 Å². The normalized spacial score (nSPS) is 30.0. The first-order valence-corrected chi connectivity index (χ1v) is 11.4. The van der Waals surface area contributed by atoms with Crippen LogP contribution in [-0.2, 0) is 4.79 Å². The van der Waals surface area contributed by atoms with Gasteiger partial charge in [0, 0.05) is 6.04 Å². The molecule has 4 aliphatic rings. The largest absolute Gasteiger partial charge is 0.352 e. The number of aromatic nitrogens is 3. The summed E-state index contributed by atoms with van der Waals surface area (Å²) in [7, 11) is 0. The van der Waals surface area contributed by atoms with Crippen LogP contribution in [0.15, 0.2) is 40.6 Å². The molecule has 4 fully saturated rings. The summed E-state index contributed by atoms with van der Waals surface area (Å²) in [6, 6.07) is 10.2. The monoisotopic (exact) mass is 410 g/mol. The van der Waals surface area contributed by atoms with E-state index in [9.17, 15) is 4.79 Å². The van der Waals surface area contributed by atoms with Crippen LogP contribution in [0.4, 0.5) is 5.95 Å². The molecule has 3 N–H and O–H groups in total. The van der Waals surface area contributed by atoms with Crippen molar-refractivity contribution in [1.29, 1.82) is 0 Å². The average molecular weight is 411 g/mol. The number of nitrogens with zero attached hydrogens (tertiary/aromatic N) is 3. The third-order valence-electron chi connectivity index (χ3n) is 6.54. The molecule has 0 aliphatic heterocycles. The third kappa shape index (κ3) is 4.32. The molecular weight excluding hydrogens is 384 g/mol. The third-order valence-corrected chi connectivity index (χ3v) is 7.38. The Bertz CT molecular complexity index is 854. The van der Waals surface area contributed by atoms with E-state index in [0.717, 1.165) is 17.4 Å². The fourth-order valence-electron chi connectivity index (χ4n) is 5.59. The van der Waals surface area contributed by atoms with Gasteiger partial charge >= 0.3 is 0 Å². The molecule has 1 amide bonds. The Morgan fingerprint density at radius 3 is 2.59 bits per heavy atom. The van der Waals surface area contributed by atoms with Crippen LogP contribution in [0.5, 0.6) is 0 Å². The molecule has 4 saturated carbocycles. The number of carbonyl (C=O) groups is 1. The zero-order chi connectivity index (χ0) is 19.6. The molecule has 29 heavy (non-hydrogen) atoms. The van der Waals surface area contributed by atoms with Crippen molar-refractivity contribution < 1.29 is 4.79 Å². The van der Waals surface area contributed by atoms with E-state index < -0.39 is 0 Å². The number of rotatable bonds is 7. The maximum absolute atomic E-state index is 12.5. The predicted molar refractivity (Wildman–Crippen MR) is 114 cm³/mol. The number of hydrazone groups is 1. The molecule has 2 aromatic rings. The average Bonchev–Trinajstić information content (AvgIpc) is 3.17. The van der Waals surface area contributed by atoms with Crippen molar-refractivity contribution in [3.8, 4) is 0 Å². The van der Waals surface area contributed by atoms with Gasteiger partial charge in [0.1, 0.15) is 0 Å². The van der Waals surface area contributed by atoms with Gasteiger partial charge in [-0.15, -0.1) is 5.10 Å². The second kappa shape index (κ2) is 8.18. The summed E-state index contributed by atoms with van der Waals surface area (Å²) in [6.45, 7) is 0. The minimum atomic E-state index is 0.0916. The Balaban J connectivity index is 1.09. The summed E-state index contributed by atoms with van der Waals surface area (Å²) >= 11 is 1.35. The summed E-state index contributed by atoms with van der Waals surface area (Å²) in [6.07, 6.45) is 8.39. The maximum atomic E-state index is 12.5. The van der Waals surface area contributed by atoms with Gasteiger partial charge in [-0.2, -0.15) is 10.1 Å². The number of nitrogens with one attached hydrogen (secondary N) is 3. The summed E-state index contributed by atoms with van der Waals surface area (Å²) < 4.78 is 0. The van der Waals surface area contributed by atoms with E-state index >= 15 is 0 Å². The van der Waals surface area contributed by atoms with Crippen LogP contribution in [0, 0.1) is 23.7 Å². The second-order valence-corrected chi connectivity index (χ2v) is 9.50. The Labute approximate surface area is 174 Å². The van der Waals surface area contributed by atoms with Crippen molar-refractivity contribution in [3.63, 3.8) is 0 Å². The van der Waals surface area contributed by atoms with Crippen molar-refractivity contribution in [2.45, 2.75) is 43.3 Å². The van der Waals surface area contributed by atoms with Gasteiger partial charge in [0.2, 0.25) is 17.0 Å². The summed E-state index contributed by atoms with van der Waals surface area (Å²) in [5.74, 6) is 4.12. The summed E-state index contributed by atoms with van der Waals surface area (Å²) in [5, 5.41) is 15.0. The fraction of sp³-hybridized carbons (Fsp3) is 0.524. The Morgan fingerprint density at radius 2 is 1.86 bits per heavy atom. The van der Waals surface area contributed by atoms with Crippen LogP contribution < -0.4 is 10.7 Å². The molecule has 7 nitrogen and oxygen atoms in total. The minimum absolute atomic E-state index is 0.0916. The molecule has 6 rings (SSSR count). The van der Waals surface area contributed by atoms with E-state index in [1.807, 2.05) is 30.3 Å². The van der Waals surface area contributed by atoms with Gasteiger partial charge in [0.25, 0.3) is 0 Å². The number of aromatic amines is 1. The van der Waals surface area contributed by atoms with Crippen molar-refractivity contribution >= 4 is 29.8 Å². The lowest BCUT2D eigenvalue weighted by atomic mass is 9.54. The quantitative estimate of drug-likeness (QED) is 0.370. The number of anilines is 1. The van der Waals surface area contributed by atoms with Crippen LogP contribution in [0.3, 0.4) is 0 Å². The zero-order valence-corrected chi connectivity index (χ0v) is 17.1. The molecule has 0 spiro atoms. The van der Waals surface area contributed by atoms with Crippen molar-refractivity contribution in [3.05, 3.63) is 35.9 Å². The molecule has 1 aromatic carbocycles. The minimum Gasteiger partial charge on any atom is -0.352 e. The smallest absolute Gasteiger partial charge is 0.240 e. The second-order valence-electron chi connectivity index (χ2n) is 8.56. The molecule has 0 radical (unpaired) electrons. The van der Waals surface area contributed by atoms with E-state index in [4.69, 9.17) is 0 Å². The van der Waals surface area contributed by atoms with Crippen LogP contribution in [-0.4, -0.2) is 39.1 Å². The summed E-state index contributed by atoms with van der Waals surface area (Å²) in [5.41, 5.74) is 3.82. The van der Waals surface area contributed by atoms with E-state index in [2.05, 4.69) is 31.0 Å². The van der Waals surface area contributed by atoms with Gasteiger partial charge < -0.3 is 5.32 Å². The number of carbonyl (C=O) groups excluding carboxylic acids is 1. The first kappa shape index (κ1) is 18.7. The lowest BCUT2D eigenvalue weighted by Crippen LogP contribution is -2.56. The van der Waals surface area contributed by atoms with Crippen LogP contribution in [0.1, 0.15) is 37.7 Å². The number of hydrogen-bond donors (Lipinski definition) is 3. The van der Waals surface area contributed by atoms with Gasteiger partial charge in [-0.25, -0.2) is 10.5 Å². The highest BCUT2D eigenvalue weighted by Crippen LogP contribution is 2.53. The molecule has 1 heterocycles. The Hall–Kier alpha value is -2.35. The molecule has 152 valence electrons. The maximum Gasteiger partial charge on any atom is 0.240 e. The van der Waals surface area contributed by atoms with Gasteiger partial charge in [0.15, 0.2) is 0 Å². The highest BCUT2D eigenvalue weighted by Gasteiger charge is 2.48. The van der Waals surface area contributed by atoms with Crippen LogP contribution in [0.2, 0.25) is 0 Å². The predicted octanol–water partition coefficient (Wildman–Crippen LogP) is 3.28. The molecule has 0 atom stereocenters. The molecule has 0 saturated heterocycles. The van der Waals surface area contributed by atoms with Crippen molar-refractivity contribution in [1.82, 2.24) is 20.5 Å². The van der Waals surface area contributed by atoms with Gasteiger partial charge in [-0.05, 0) is 61.3 Å². The highest BCUT2D eigenvalue weighted by molar-refractivity contribution is 7.99. The van der Waals surface area contributed by atoms with Gasteiger partial charge in [0.05, 0.1) is 12.0 Å². The van der Waals surface area contributed by atoms with E-state index in [1.165, 1.54) is 43.9 Å². The van der Waals surface area contributed by atoms with E-state index in [-0.39, 0.29) is 5.91 Å². The lowest BCUT2D eigenvalue weighted by Gasteiger charge is -2.54. The zero-order valence-electron chi connectivity index (χ0n) is 16.3. The molecule has 1 aromatic heterocycles. The van der Waals surface area contributed by atoms with E-state index in [0.29, 0.717) is 34.7 Å². The fourth-order valence-corrected chi connectivity index (χ4v) is 6.20. The topological polar surface area (TPSA) is 95.1 Å². The first-order chi connectivity index (χ1) is 14.2. The highest BCUT2D eigenvalue weighted by atomic mass is 32.2. The Morgan fingerprint density at radius 1 is 1.14 bits per heavy atom. The molecular formula is C21H26N6OS. The number of amides is 1. The number of H-pyrrole nitrogens is 1. The number of hydrogen-bond acceptors (Lipinski definition) is 6. The van der Waals surface area contributed by atoms with E-state index in [1.54, 1.807) is 6.21 Å². The van der Waals surface area contributed by atoms with Crippen LogP contribution in [0.25, 0.3) is 0 Å². The number of thioether (sulfide) groups is 1. The van der Waals surface area contributed by atoms with Crippen molar-refractivity contribution in [2.24, 2.45) is 28.8 Å². The number of benzene rings is 1. The standard InChI is InChI=1S/C21H26N6OS/c28-18(23-19-16-7-14-6-15(9-16)10-17(19)8-14)12-29-21-24-20(26-27-21)25-22-11-13-4-2-1-3-5-13/h1-5,11,14-17,19H,6-10,12H2,(H,23,28)(H2,24,25,26,27)/b22-11-. The van der Waals surface area contributed by atoms with Gasteiger partial charge in [-0.1, -0.05) is 42.1 Å². The van der Waals surface area contributed by atoms with Crippen LogP contribution >= 0.6 is 11.8 Å². The molecule has 4 bridgehead atoms. The SMILES string of the molecule is O=C(CSc1n[nH]c(N/N=C\c2ccccc2)n1)NC1C2CC3CC(C2)CC1C3. The van der Waals surface area contributed by atoms with Crippen molar-refractivity contribution in [2.75, 3.05) is 11.2 Å². The summed E-state index contributed by atoms with van der Waals surface area (Å²) in [4.78, 5) is 16.8. The molecule has 0 unspecified atom stereocenters. The lowest BCUT2D eigenvalue weighted by molar-refractivity contribution is -0.122. The first-order valence-electron chi connectivity index (χ1n) is 10.4.